The molecule has 0 saturated carbocycles. The number of carboxylic acids is 1. The molecule has 0 spiro atoms. The van der Waals surface area contributed by atoms with Crippen LogP contribution in [0.2, 0.25) is 0 Å². The molecule has 0 aliphatic carbocycles. The van der Waals surface area contributed by atoms with Crippen molar-refractivity contribution in [3.05, 3.63) is 42.2 Å². The molecule has 22 heavy (non-hydrogen) atoms. The van der Waals surface area contributed by atoms with Crippen LogP contribution in [0.3, 0.4) is 0 Å². The van der Waals surface area contributed by atoms with Gasteiger partial charge in [0.1, 0.15) is 0 Å². The first kappa shape index (κ1) is 18.1. The number of unbranched alkanes of at least 4 members (excludes halogenated alkanes) is 1. The van der Waals surface area contributed by atoms with E-state index in [-0.39, 0.29) is 18.8 Å². The van der Waals surface area contributed by atoms with Crippen LogP contribution in [0.5, 0.6) is 0 Å². The smallest absolute Gasteiger partial charge is 0.303 e. The predicted octanol–water partition coefficient (Wildman–Crippen LogP) is 2.38. The van der Waals surface area contributed by atoms with Crippen LogP contribution >= 0.6 is 12.4 Å². The quantitative estimate of drug-likeness (QED) is 0.755. The molecular formula is C15H21ClN4O2. The van der Waals surface area contributed by atoms with Gasteiger partial charge in [-0.3, -0.25) is 4.79 Å². The zero-order chi connectivity index (χ0) is 15.1. The number of aromatic nitrogens is 3. The van der Waals surface area contributed by atoms with Crippen molar-refractivity contribution >= 4 is 18.4 Å². The highest BCUT2D eigenvalue weighted by Gasteiger charge is 2.06. The van der Waals surface area contributed by atoms with Crippen molar-refractivity contribution in [2.45, 2.75) is 25.8 Å². The number of para-hydroxylation sites is 1. The van der Waals surface area contributed by atoms with Gasteiger partial charge in [-0.05, 0) is 38.6 Å². The predicted molar refractivity (Wildman–Crippen MR) is 86.4 cm³/mol. The van der Waals surface area contributed by atoms with Gasteiger partial charge < -0.3 is 10.0 Å². The molecular weight excluding hydrogens is 304 g/mol. The van der Waals surface area contributed by atoms with Crippen molar-refractivity contribution in [1.29, 1.82) is 0 Å². The summed E-state index contributed by atoms with van der Waals surface area (Å²) in [5.41, 5.74) is 1.84. The lowest BCUT2D eigenvalue weighted by atomic mass is 10.2. The van der Waals surface area contributed by atoms with Crippen molar-refractivity contribution in [3.63, 3.8) is 0 Å². The Morgan fingerprint density at radius 2 is 2.00 bits per heavy atom. The van der Waals surface area contributed by atoms with E-state index >= 15 is 0 Å². The molecule has 2 rings (SSSR count). The normalized spacial score (nSPS) is 10.5. The number of nitrogens with zero attached hydrogens (tertiary/aromatic N) is 4. The summed E-state index contributed by atoms with van der Waals surface area (Å²) in [6, 6.07) is 9.78. The van der Waals surface area contributed by atoms with Crippen LogP contribution in [-0.2, 0) is 11.3 Å². The number of hydrogen-bond acceptors (Lipinski definition) is 4. The monoisotopic (exact) mass is 324 g/mol. The van der Waals surface area contributed by atoms with Gasteiger partial charge in [-0.1, -0.05) is 18.2 Å². The molecule has 0 fully saturated rings. The first-order valence-corrected chi connectivity index (χ1v) is 7.02. The number of hydrogen-bond donors (Lipinski definition) is 1. The summed E-state index contributed by atoms with van der Waals surface area (Å²) in [5.74, 6) is -0.733. The van der Waals surface area contributed by atoms with Crippen LogP contribution in [0.15, 0.2) is 36.5 Å². The Morgan fingerprint density at radius 3 is 2.68 bits per heavy atom. The average molecular weight is 325 g/mol. The molecule has 0 aliphatic rings. The fourth-order valence-electron chi connectivity index (χ4n) is 2.07. The molecule has 1 aromatic carbocycles. The van der Waals surface area contributed by atoms with Crippen LogP contribution in [0.1, 0.15) is 25.0 Å². The Bertz CT molecular complexity index is 574. The molecule has 0 amide bonds. The number of rotatable bonds is 8. The Labute approximate surface area is 136 Å². The summed E-state index contributed by atoms with van der Waals surface area (Å²) >= 11 is 0. The maximum absolute atomic E-state index is 10.4. The number of carboxylic acid groups (broad SMARTS) is 1. The molecule has 1 N–H and O–H groups in total. The van der Waals surface area contributed by atoms with E-state index in [9.17, 15) is 4.79 Å². The summed E-state index contributed by atoms with van der Waals surface area (Å²) in [4.78, 5) is 14.2. The molecule has 0 bridgehead atoms. The Kier molecular flexibility index (Phi) is 7.56. The summed E-state index contributed by atoms with van der Waals surface area (Å²) in [6.45, 7) is 1.56. The molecule has 0 saturated heterocycles. The SMILES string of the molecule is CN(CCCCC(=O)O)Cc1cnn(-c2ccccc2)n1.Cl. The molecule has 0 atom stereocenters. The van der Waals surface area contributed by atoms with Gasteiger partial charge in [0.25, 0.3) is 0 Å². The Morgan fingerprint density at radius 1 is 1.27 bits per heavy atom. The summed E-state index contributed by atoms with van der Waals surface area (Å²) in [5, 5.41) is 17.3. The molecule has 1 aromatic heterocycles. The van der Waals surface area contributed by atoms with Crippen LogP contribution in [0.4, 0.5) is 0 Å². The molecule has 0 aliphatic heterocycles. The van der Waals surface area contributed by atoms with Gasteiger partial charge in [-0.15, -0.1) is 12.4 Å². The van der Waals surface area contributed by atoms with Crippen LogP contribution < -0.4 is 0 Å². The summed E-state index contributed by atoms with van der Waals surface area (Å²) < 4.78 is 0. The first-order valence-electron chi connectivity index (χ1n) is 7.02. The van der Waals surface area contributed by atoms with E-state index in [0.29, 0.717) is 13.0 Å². The third kappa shape index (κ3) is 5.83. The van der Waals surface area contributed by atoms with Crippen molar-refractivity contribution in [3.8, 4) is 5.69 Å². The van der Waals surface area contributed by atoms with Gasteiger partial charge >= 0.3 is 5.97 Å². The zero-order valence-corrected chi connectivity index (χ0v) is 13.4. The fraction of sp³-hybridized carbons (Fsp3) is 0.400. The summed E-state index contributed by atoms with van der Waals surface area (Å²) in [6.07, 6.45) is 3.57. The lowest BCUT2D eigenvalue weighted by Gasteiger charge is -2.14. The first-order chi connectivity index (χ1) is 10.1. The van der Waals surface area contributed by atoms with E-state index in [0.717, 1.165) is 24.3 Å². The van der Waals surface area contributed by atoms with E-state index in [1.165, 1.54) is 0 Å². The maximum Gasteiger partial charge on any atom is 0.303 e. The topological polar surface area (TPSA) is 71.2 Å². The van der Waals surface area contributed by atoms with Crippen molar-refractivity contribution in [2.75, 3.05) is 13.6 Å². The molecule has 1 heterocycles. The minimum absolute atomic E-state index is 0. The van der Waals surface area contributed by atoms with Gasteiger partial charge in [-0.2, -0.15) is 15.0 Å². The lowest BCUT2D eigenvalue weighted by molar-refractivity contribution is -0.137. The highest BCUT2D eigenvalue weighted by atomic mass is 35.5. The second-order valence-electron chi connectivity index (χ2n) is 5.05. The number of halogens is 1. The molecule has 0 unspecified atom stereocenters. The Hall–Kier alpha value is -1.92. The van der Waals surface area contributed by atoms with Gasteiger partial charge in [-0.25, -0.2) is 0 Å². The van der Waals surface area contributed by atoms with Crippen molar-refractivity contribution in [1.82, 2.24) is 19.9 Å². The van der Waals surface area contributed by atoms with E-state index in [1.807, 2.05) is 37.4 Å². The van der Waals surface area contributed by atoms with Crippen molar-refractivity contribution < 1.29 is 9.90 Å². The van der Waals surface area contributed by atoms with E-state index in [4.69, 9.17) is 5.11 Å². The molecule has 0 radical (unpaired) electrons. The van der Waals surface area contributed by atoms with E-state index in [2.05, 4.69) is 15.1 Å². The number of benzene rings is 1. The maximum atomic E-state index is 10.4. The fourth-order valence-corrected chi connectivity index (χ4v) is 2.07. The van der Waals surface area contributed by atoms with Crippen LogP contribution in [-0.4, -0.2) is 44.6 Å². The van der Waals surface area contributed by atoms with Crippen LogP contribution in [0, 0.1) is 0 Å². The van der Waals surface area contributed by atoms with Gasteiger partial charge in [0.15, 0.2) is 0 Å². The second-order valence-corrected chi connectivity index (χ2v) is 5.05. The second kappa shape index (κ2) is 9.17. The molecule has 120 valence electrons. The van der Waals surface area contributed by atoms with E-state index in [1.54, 1.807) is 11.0 Å². The molecule has 7 heteroatoms. The van der Waals surface area contributed by atoms with E-state index < -0.39 is 5.97 Å². The average Bonchev–Trinajstić information content (AvgIpc) is 2.93. The lowest BCUT2D eigenvalue weighted by Crippen LogP contribution is -2.19. The van der Waals surface area contributed by atoms with Gasteiger partial charge in [0.05, 0.1) is 17.6 Å². The standard InChI is InChI=1S/C15H20N4O2.ClH/c1-18(10-6-5-9-15(20)21)12-13-11-16-19(17-13)14-7-3-2-4-8-14;/h2-4,7-8,11H,5-6,9-10,12H2,1H3,(H,20,21);1H. The van der Waals surface area contributed by atoms with Crippen LogP contribution in [0.25, 0.3) is 5.69 Å². The van der Waals surface area contributed by atoms with Crippen molar-refractivity contribution in [2.24, 2.45) is 0 Å². The highest BCUT2D eigenvalue weighted by molar-refractivity contribution is 5.85. The molecule has 2 aromatic rings. The van der Waals surface area contributed by atoms with Gasteiger partial charge in [0.2, 0.25) is 0 Å². The largest absolute Gasteiger partial charge is 0.481 e. The minimum atomic E-state index is -0.733. The number of carbonyl (C=O) groups is 1. The minimum Gasteiger partial charge on any atom is -0.481 e. The highest BCUT2D eigenvalue weighted by Crippen LogP contribution is 2.06. The Balaban J connectivity index is 0.00000242. The number of aliphatic carboxylic acids is 1. The zero-order valence-electron chi connectivity index (χ0n) is 12.6. The van der Waals surface area contributed by atoms with Gasteiger partial charge in [0, 0.05) is 13.0 Å². The third-order valence-corrected chi connectivity index (χ3v) is 3.14. The summed E-state index contributed by atoms with van der Waals surface area (Å²) in [7, 11) is 2.00. The third-order valence-electron chi connectivity index (χ3n) is 3.14. The molecule has 6 nitrogen and oxygen atoms in total.